The number of nitrogens with one attached hydrogen (secondary N) is 2. The lowest BCUT2D eigenvalue weighted by molar-refractivity contribution is -0.139. The average molecular weight is 224 g/mol. The molecule has 0 fully saturated rings. The molecule has 0 aromatic carbocycles. The Hall–Kier alpha value is -2.18. The Morgan fingerprint density at radius 2 is 2.06 bits per heavy atom. The summed E-state index contributed by atoms with van der Waals surface area (Å²) in [5.74, 6) is -0.952. The van der Waals surface area contributed by atoms with Crippen LogP contribution in [0.4, 0.5) is 10.7 Å². The van der Waals surface area contributed by atoms with Crippen LogP contribution in [0.2, 0.25) is 0 Å². The van der Waals surface area contributed by atoms with Crippen molar-refractivity contribution in [1.29, 1.82) is 0 Å². The molecule has 1 atom stereocenters. The van der Waals surface area contributed by atoms with Crippen molar-refractivity contribution in [3.63, 3.8) is 0 Å². The summed E-state index contributed by atoms with van der Waals surface area (Å²) in [5.41, 5.74) is 0. The maximum atomic E-state index is 11.3. The Kier molecular flexibility index (Phi) is 4.19. The van der Waals surface area contributed by atoms with Gasteiger partial charge in [-0.2, -0.15) is 0 Å². The van der Waals surface area contributed by atoms with E-state index in [1.807, 2.05) is 0 Å². The second-order valence-corrected chi connectivity index (χ2v) is 2.97. The lowest BCUT2D eigenvalue weighted by Gasteiger charge is -2.12. The van der Waals surface area contributed by atoms with Crippen LogP contribution in [-0.2, 0) is 4.79 Å². The molecule has 0 unspecified atom stereocenters. The summed E-state index contributed by atoms with van der Waals surface area (Å²) in [4.78, 5) is 29.5. The second kappa shape index (κ2) is 5.64. The van der Waals surface area contributed by atoms with Crippen LogP contribution in [0, 0.1) is 0 Å². The van der Waals surface area contributed by atoms with Gasteiger partial charge in [-0.1, -0.05) is 6.92 Å². The van der Waals surface area contributed by atoms with E-state index < -0.39 is 18.0 Å². The van der Waals surface area contributed by atoms with E-state index in [-0.39, 0.29) is 5.95 Å². The number of hydrogen-bond donors (Lipinski definition) is 3. The van der Waals surface area contributed by atoms with Crippen LogP contribution in [-0.4, -0.2) is 33.1 Å². The lowest BCUT2D eigenvalue weighted by Crippen LogP contribution is -2.42. The van der Waals surface area contributed by atoms with Gasteiger partial charge in [0.15, 0.2) is 0 Å². The van der Waals surface area contributed by atoms with Crippen molar-refractivity contribution in [2.75, 3.05) is 5.32 Å². The van der Waals surface area contributed by atoms with Gasteiger partial charge in [-0.15, -0.1) is 0 Å². The third-order valence-electron chi connectivity index (χ3n) is 1.80. The van der Waals surface area contributed by atoms with Gasteiger partial charge in [0.1, 0.15) is 6.04 Å². The van der Waals surface area contributed by atoms with Crippen LogP contribution >= 0.6 is 0 Å². The van der Waals surface area contributed by atoms with E-state index in [4.69, 9.17) is 5.11 Å². The molecule has 86 valence electrons. The fourth-order valence-corrected chi connectivity index (χ4v) is 0.998. The Balaban J connectivity index is 2.50. The van der Waals surface area contributed by atoms with Gasteiger partial charge in [0, 0.05) is 12.4 Å². The van der Waals surface area contributed by atoms with E-state index in [2.05, 4.69) is 20.6 Å². The molecular weight excluding hydrogens is 212 g/mol. The fraction of sp³-hybridized carbons (Fsp3) is 0.333. The number of anilines is 1. The highest BCUT2D eigenvalue weighted by molar-refractivity contribution is 5.90. The third-order valence-corrected chi connectivity index (χ3v) is 1.80. The number of amides is 2. The van der Waals surface area contributed by atoms with Gasteiger partial charge in [-0.05, 0) is 12.5 Å². The highest BCUT2D eigenvalue weighted by Gasteiger charge is 2.17. The van der Waals surface area contributed by atoms with Gasteiger partial charge in [-0.25, -0.2) is 19.6 Å². The molecule has 0 aliphatic heterocycles. The molecule has 0 saturated heterocycles. The van der Waals surface area contributed by atoms with E-state index in [1.54, 1.807) is 13.0 Å². The molecule has 7 nitrogen and oxygen atoms in total. The maximum absolute atomic E-state index is 11.3. The number of hydrogen-bond acceptors (Lipinski definition) is 4. The summed E-state index contributed by atoms with van der Waals surface area (Å²) in [6, 6.07) is 0.0546. The van der Waals surface area contributed by atoms with Gasteiger partial charge in [0.2, 0.25) is 5.95 Å². The zero-order chi connectivity index (χ0) is 12.0. The first kappa shape index (κ1) is 11.9. The molecule has 0 bridgehead atoms. The number of carbonyl (C=O) groups is 2. The van der Waals surface area contributed by atoms with Crippen LogP contribution in [0.25, 0.3) is 0 Å². The lowest BCUT2D eigenvalue weighted by atomic mass is 10.2. The van der Waals surface area contributed by atoms with Crippen LogP contribution in [0.1, 0.15) is 13.3 Å². The Morgan fingerprint density at radius 1 is 1.44 bits per heavy atom. The SMILES string of the molecule is CC[C@@H](NC(=O)Nc1ncccn1)C(=O)O. The highest BCUT2D eigenvalue weighted by Crippen LogP contribution is 1.95. The molecule has 0 radical (unpaired) electrons. The van der Waals surface area contributed by atoms with Crippen molar-refractivity contribution in [3.05, 3.63) is 18.5 Å². The molecule has 0 spiro atoms. The molecule has 0 aliphatic carbocycles. The van der Waals surface area contributed by atoms with E-state index in [9.17, 15) is 9.59 Å². The predicted octanol–water partition coefficient (Wildman–Crippen LogP) is 0.461. The predicted molar refractivity (Wildman–Crippen MR) is 55.9 cm³/mol. The van der Waals surface area contributed by atoms with Crippen LogP contribution in [0.5, 0.6) is 0 Å². The Morgan fingerprint density at radius 3 is 2.56 bits per heavy atom. The molecule has 2 amide bonds. The maximum Gasteiger partial charge on any atom is 0.326 e. The summed E-state index contributed by atoms with van der Waals surface area (Å²) in [5, 5.41) is 13.3. The van der Waals surface area contributed by atoms with Crippen LogP contribution < -0.4 is 10.6 Å². The molecule has 1 rings (SSSR count). The number of aromatic nitrogens is 2. The van der Waals surface area contributed by atoms with Gasteiger partial charge < -0.3 is 10.4 Å². The number of urea groups is 1. The number of carboxylic acids is 1. The minimum atomic E-state index is -1.08. The molecule has 1 aromatic heterocycles. The van der Waals surface area contributed by atoms with Crippen molar-refractivity contribution < 1.29 is 14.7 Å². The summed E-state index contributed by atoms with van der Waals surface area (Å²) in [6.45, 7) is 1.66. The molecule has 1 heterocycles. The van der Waals surface area contributed by atoms with Gasteiger partial charge >= 0.3 is 12.0 Å². The first-order valence-corrected chi connectivity index (χ1v) is 4.70. The average Bonchev–Trinajstić information content (AvgIpc) is 2.27. The topological polar surface area (TPSA) is 104 Å². The van der Waals surface area contributed by atoms with Crippen molar-refractivity contribution >= 4 is 17.9 Å². The quantitative estimate of drug-likeness (QED) is 0.689. The third kappa shape index (κ3) is 3.52. The highest BCUT2D eigenvalue weighted by atomic mass is 16.4. The minimum absolute atomic E-state index is 0.125. The van der Waals surface area contributed by atoms with Gasteiger partial charge in [0.05, 0.1) is 0 Å². The first-order chi connectivity index (χ1) is 7.63. The summed E-state index contributed by atoms with van der Waals surface area (Å²) >= 11 is 0. The first-order valence-electron chi connectivity index (χ1n) is 4.70. The summed E-state index contributed by atoms with van der Waals surface area (Å²) < 4.78 is 0. The Labute approximate surface area is 91.9 Å². The largest absolute Gasteiger partial charge is 0.480 e. The minimum Gasteiger partial charge on any atom is -0.480 e. The van der Waals surface area contributed by atoms with Crippen molar-refractivity contribution in [3.8, 4) is 0 Å². The monoisotopic (exact) mass is 224 g/mol. The van der Waals surface area contributed by atoms with Crippen LogP contribution in [0.15, 0.2) is 18.5 Å². The number of carbonyl (C=O) groups excluding carboxylic acids is 1. The standard InChI is InChI=1S/C9H12N4O3/c1-2-6(7(14)15)12-9(16)13-8-10-4-3-5-11-8/h3-6H,2H2,1H3,(H,14,15)(H2,10,11,12,13,16)/t6-/m1/s1. The Bertz CT molecular complexity index is 368. The number of nitrogens with zero attached hydrogens (tertiary/aromatic N) is 2. The molecule has 7 heteroatoms. The van der Waals surface area contributed by atoms with Gasteiger partial charge in [0.25, 0.3) is 0 Å². The smallest absolute Gasteiger partial charge is 0.326 e. The number of aliphatic carboxylic acids is 1. The van der Waals surface area contributed by atoms with E-state index in [0.717, 1.165) is 0 Å². The molecule has 0 saturated carbocycles. The number of carboxylic acid groups (broad SMARTS) is 1. The van der Waals surface area contributed by atoms with E-state index in [1.165, 1.54) is 12.4 Å². The molecule has 3 N–H and O–H groups in total. The van der Waals surface area contributed by atoms with E-state index >= 15 is 0 Å². The molecule has 16 heavy (non-hydrogen) atoms. The zero-order valence-electron chi connectivity index (χ0n) is 8.67. The molecular formula is C9H12N4O3. The summed E-state index contributed by atoms with van der Waals surface area (Å²) in [6.07, 6.45) is 3.24. The van der Waals surface area contributed by atoms with Crippen molar-refractivity contribution in [1.82, 2.24) is 15.3 Å². The van der Waals surface area contributed by atoms with Gasteiger partial charge in [-0.3, -0.25) is 5.32 Å². The number of rotatable bonds is 4. The second-order valence-electron chi connectivity index (χ2n) is 2.97. The van der Waals surface area contributed by atoms with Crippen molar-refractivity contribution in [2.24, 2.45) is 0 Å². The fourth-order valence-electron chi connectivity index (χ4n) is 0.998. The zero-order valence-corrected chi connectivity index (χ0v) is 8.67. The van der Waals surface area contributed by atoms with Crippen LogP contribution in [0.3, 0.4) is 0 Å². The van der Waals surface area contributed by atoms with E-state index in [0.29, 0.717) is 6.42 Å². The molecule has 0 aliphatic rings. The molecule has 1 aromatic rings. The normalized spacial score (nSPS) is 11.6. The van der Waals surface area contributed by atoms with Crippen molar-refractivity contribution in [2.45, 2.75) is 19.4 Å². The summed E-state index contributed by atoms with van der Waals surface area (Å²) in [7, 11) is 0.